The van der Waals surface area contributed by atoms with E-state index in [2.05, 4.69) is 5.32 Å². The van der Waals surface area contributed by atoms with E-state index in [1.807, 2.05) is 19.1 Å². The van der Waals surface area contributed by atoms with Gasteiger partial charge in [-0.1, -0.05) is 25.1 Å². The third-order valence-corrected chi connectivity index (χ3v) is 2.95. The quantitative estimate of drug-likeness (QED) is 0.855. The van der Waals surface area contributed by atoms with Gasteiger partial charge in [0.2, 0.25) is 5.91 Å². The van der Waals surface area contributed by atoms with Gasteiger partial charge in [-0.15, -0.1) is 0 Å². The lowest BCUT2D eigenvalue weighted by atomic mass is 10.1. The molecule has 0 aliphatic carbocycles. The average Bonchev–Trinajstić information content (AvgIpc) is 2.49. The molecule has 0 aliphatic heterocycles. The van der Waals surface area contributed by atoms with E-state index in [1.54, 1.807) is 36.4 Å². The number of anilines is 1. The Kier molecular flexibility index (Phi) is 5.21. The number of carbonyl (C=O) groups excluding carboxylic acids is 1. The van der Waals surface area contributed by atoms with Crippen molar-refractivity contribution in [3.8, 4) is 11.5 Å². The van der Waals surface area contributed by atoms with Crippen LogP contribution in [-0.2, 0) is 11.2 Å². The van der Waals surface area contributed by atoms with E-state index in [0.717, 1.165) is 12.2 Å². The number of rotatable bonds is 6. The first-order valence-electron chi connectivity index (χ1n) is 6.98. The summed E-state index contributed by atoms with van der Waals surface area (Å²) in [7, 11) is 0. The van der Waals surface area contributed by atoms with Gasteiger partial charge in [0.05, 0.1) is 13.0 Å². The summed E-state index contributed by atoms with van der Waals surface area (Å²) in [5.41, 5.74) is 1.32. The van der Waals surface area contributed by atoms with Crippen LogP contribution in [0, 0.1) is 0 Å². The lowest BCUT2D eigenvalue weighted by Crippen LogP contribution is -2.14. The van der Waals surface area contributed by atoms with Crippen LogP contribution in [0.1, 0.15) is 18.9 Å². The van der Waals surface area contributed by atoms with Gasteiger partial charge in [0.1, 0.15) is 11.5 Å². The predicted octanol–water partition coefficient (Wildman–Crippen LogP) is 3.36. The summed E-state index contributed by atoms with van der Waals surface area (Å²) < 4.78 is 5.48. The number of aromatic hydroxyl groups is 1. The van der Waals surface area contributed by atoms with E-state index in [4.69, 9.17) is 4.74 Å². The Morgan fingerprint density at radius 2 is 1.86 bits per heavy atom. The number of nitrogens with one attached hydrogen (secondary N) is 1. The summed E-state index contributed by atoms with van der Waals surface area (Å²) in [5.74, 6) is 0.755. The molecular weight excluding hydrogens is 266 g/mol. The Morgan fingerprint density at radius 3 is 2.52 bits per heavy atom. The molecule has 4 nitrogen and oxygen atoms in total. The lowest BCUT2D eigenvalue weighted by Gasteiger charge is -2.08. The van der Waals surface area contributed by atoms with Crippen LogP contribution in [-0.4, -0.2) is 17.6 Å². The summed E-state index contributed by atoms with van der Waals surface area (Å²) in [6, 6.07) is 14.1. The van der Waals surface area contributed by atoms with Gasteiger partial charge in [0.15, 0.2) is 0 Å². The maximum Gasteiger partial charge on any atom is 0.228 e. The third-order valence-electron chi connectivity index (χ3n) is 2.95. The molecule has 2 aromatic carbocycles. The van der Waals surface area contributed by atoms with Crippen LogP contribution < -0.4 is 10.1 Å². The second kappa shape index (κ2) is 7.33. The lowest BCUT2D eigenvalue weighted by molar-refractivity contribution is -0.115. The van der Waals surface area contributed by atoms with Crippen molar-refractivity contribution >= 4 is 11.6 Å². The summed E-state index contributed by atoms with van der Waals surface area (Å²) in [6.07, 6.45) is 1.10. The second-order valence-electron chi connectivity index (χ2n) is 4.73. The van der Waals surface area contributed by atoms with Gasteiger partial charge >= 0.3 is 0 Å². The van der Waals surface area contributed by atoms with Crippen LogP contribution in [0.15, 0.2) is 48.5 Å². The average molecular weight is 285 g/mol. The number of phenolic OH excluding ortho intramolecular Hbond substituents is 1. The van der Waals surface area contributed by atoms with Crippen molar-refractivity contribution in [2.24, 2.45) is 0 Å². The van der Waals surface area contributed by atoms with Gasteiger partial charge in [0.25, 0.3) is 0 Å². The smallest absolute Gasteiger partial charge is 0.228 e. The molecule has 110 valence electrons. The van der Waals surface area contributed by atoms with Crippen LogP contribution in [0.5, 0.6) is 11.5 Å². The molecule has 0 saturated carbocycles. The molecule has 0 heterocycles. The van der Waals surface area contributed by atoms with Gasteiger partial charge in [-0.2, -0.15) is 0 Å². The standard InChI is InChI=1S/C17H19NO3/c1-2-11-21-15-9-7-14(8-10-15)18-17(20)12-13-5-3-4-6-16(13)19/h3-10,19H,2,11-12H2,1H3,(H,18,20). The van der Waals surface area contributed by atoms with E-state index < -0.39 is 0 Å². The van der Waals surface area contributed by atoms with E-state index in [-0.39, 0.29) is 18.1 Å². The highest BCUT2D eigenvalue weighted by molar-refractivity contribution is 5.92. The van der Waals surface area contributed by atoms with Crippen molar-refractivity contribution in [3.63, 3.8) is 0 Å². The molecule has 2 rings (SSSR count). The minimum absolute atomic E-state index is 0.135. The highest BCUT2D eigenvalue weighted by Gasteiger charge is 2.07. The second-order valence-corrected chi connectivity index (χ2v) is 4.73. The fourth-order valence-electron chi connectivity index (χ4n) is 1.89. The van der Waals surface area contributed by atoms with E-state index in [1.165, 1.54) is 0 Å². The maximum absolute atomic E-state index is 11.9. The topological polar surface area (TPSA) is 58.6 Å². The number of ether oxygens (including phenoxy) is 1. The number of hydrogen-bond donors (Lipinski definition) is 2. The molecule has 4 heteroatoms. The molecule has 2 aromatic rings. The number of para-hydroxylation sites is 1. The van der Waals surface area contributed by atoms with E-state index in [9.17, 15) is 9.90 Å². The van der Waals surface area contributed by atoms with E-state index in [0.29, 0.717) is 17.9 Å². The number of benzene rings is 2. The first-order valence-corrected chi connectivity index (χ1v) is 6.98. The summed E-state index contributed by atoms with van der Waals surface area (Å²) in [4.78, 5) is 11.9. The van der Waals surface area contributed by atoms with Crippen molar-refractivity contribution in [1.82, 2.24) is 0 Å². The van der Waals surface area contributed by atoms with Gasteiger partial charge in [0, 0.05) is 11.3 Å². The number of phenols is 1. The van der Waals surface area contributed by atoms with Crippen LogP contribution in [0.4, 0.5) is 5.69 Å². The van der Waals surface area contributed by atoms with Crippen LogP contribution in [0.25, 0.3) is 0 Å². The minimum atomic E-state index is -0.168. The SMILES string of the molecule is CCCOc1ccc(NC(=O)Cc2ccccc2O)cc1. The highest BCUT2D eigenvalue weighted by atomic mass is 16.5. The fourth-order valence-corrected chi connectivity index (χ4v) is 1.89. The molecule has 2 N–H and O–H groups in total. The predicted molar refractivity (Wildman–Crippen MR) is 82.7 cm³/mol. The molecule has 0 aromatic heterocycles. The molecule has 0 atom stereocenters. The first kappa shape index (κ1) is 14.9. The van der Waals surface area contributed by atoms with Crippen molar-refractivity contribution in [2.45, 2.75) is 19.8 Å². The molecule has 0 bridgehead atoms. The van der Waals surface area contributed by atoms with Crippen LogP contribution >= 0.6 is 0 Å². The first-order chi connectivity index (χ1) is 10.2. The maximum atomic E-state index is 11.9. The van der Waals surface area contributed by atoms with Crippen LogP contribution in [0.3, 0.4) is 0 Å². The van der Waals surface area contributed by atoms with Gasteiger partial charge in [-0.05, 0) is 36.8 Å². The highest BCUT2D eigenvalue weighted by Crippen LogP contribution is 2.18. The molecule has 21 heavy (non-hydrogen) atoms. The molecular formula is C17H19NO3. The third kappa shape index (κ3) is 4.53. The van der Waals surface area contributed by atoms with Gasteiger partial charge in [-0.3, -0.25) is 4.79 Å². The van der Waals surface area contributed by atoms with E-state index >= 15 is 0 Å². The van der Waals surface area contributed by atoms with Crippen molar-refractivity contribution in [1.29, 1.82) is 0 Å². The minimum Gasteiger partial charge on any atom is -0.508 e. The molecule has 1 amide bonds. The zero-order valence-electron chi connectivity index (χ0n) is 12.0. The molecule has 0 unspecified atom stereocenters. The van der Waals surface area contributed by atoms with Gasteiger partial charge < -0.3 is 15.2 Å². The summed E-state index contributed by atoms with van der Waals surface area (Å²) in [5, 5.41) is 12.4. The Hall–Kier alpha value is -2.49. The zero-order chi connectivity index (χ0) is 15.1. The van der Waals surface area contributed by atoms with Crippen molar-refractivity contribution in [3.05, 3.63) is 54.1 Å². The largest absolute Gasteiger partial charge is 0.508 e. The normalized spacial score (nSPS) is 10.1. The number of hydrogen-bond acceptors (Lipinski definition) is 3. The Labute approximate surface area is 124 Å². The summed E-state index contributed by atoms with van der Waals surface area (Å²) in [6.45, 7) is 2.73. The van der Waals surface area contributed by atoms with Crippen molar-refractivity contribution in [2.75, 3.05) is 11.9 Å². The number of amides is 1. The Morgan fingerprint density at radius 1 is 1.14 bits per heavy atom. The molecule has 0 saturated heterocycles. The van der Waals surface area contributed by atoms with Gasteiger partial charge in [-0.25, -0.2) is 0 Å². The molecule has 0 radical (unpaired) electrons. The number of carbonyl (C=O) groups is 1. The molecule has 0 aliphatic rings. The monoisotopic (exact) mass is 285 g/mol. The zero-order valence-corrected chi connectivity index (χ0v) is 12.0. The Balaban J connectivity index is 1.92. The molecule has 0 spiro atoms. The molecule has 0 fully saturated rings. The Bertz CT molecular complexity index is 593. The fraction of sp³-hybridized carbons (Fsp3) is 0.235. The van der Waals surface area contributed by atoms with Crippen molar-refractivity contribution < 1.29 is 14.6 Å². The van der Waals surface area contributed by atoms with Crippen LogP contribution in [0.2, 0.25) is 0 Å². The summed E-state index contributed by atoms with van der Waals surface area (Å²) >= 11 is 0.